The molecular formula is C35H48N4O6. The van der Waals surface area contributed by atoms with Crippen LogP contribution >= 0.6 is 0 Å². The van der Waals surface area contributed by atoms with Gasteiger partial charge in [0.15, 0.2) is 0 Å². The quantitative estimate of drug-likeness (QED) is 0.298. The summed E-state index contributed by atoms with van der Waals surface area (Å²) in [6, 6.07) is 13.2. The molecule has 244 valence electrons. The number of amides is 3. The van der Waals surface area contributed by atoms with Crippen LogP contribution in [0.4, 0.5) is 17.1 Å². The summed E-state index contributed by atoms with van der Waals surface area (Å²) >= 11 is 0. The molecule has 3 aliphatic rings. The molecule has 0 aromatic heterocycles. The summed E-state index contributed by atoms with van der Waals surface area (Å²) in [5, 5.41) is 16.6. The number of nitrogens with one attached hydrogen (secondary N) is 2. The number of nitrogens with zero attached hydrogens (tertiary/aromatic N) is 2. The second kappa shape index (κ2) is 13.0. The second-order valence-corrected chi connectivity index (χ2v) is 12.8. The van der Waals surface area contributed by atoms with E-state index in [0.29, 0.717) is 43.0 Å². The number of hydrogen-bond donors (Lipinski definition) is 3. The van der Waals surface area contributed by atoms with Crippen molar-refractivity contribution in [1.82, 2.24) is 4.90 Å². The minimum atomic E-state index is -1.20. The Labute approximate surface area is 266 Å². The highest BCUT2D eigenvalue weighted by Crippen LogP contribution is 2.63. The number of ether oxygens (including phenoxy) is 2. The van der Waals surface area contributed by atoms with Crippen LogP contribution in [0.5, 0.6) is 5.75 Å². The average molecular weight is 621 g/mol. The zero-order chi connectivity index (χ0) is 32.5. The molecule has 0 aliphatic carbocycles. The van der Waals surface area contributed by atoms with E-state index in [1.54, 1.807) is 29.2 Å². The minimum absolute atomic E-state index is 0.0817. The number of rotatable bonds is 13. The van der Waals surface area contributed by atoms with E-state index in [1.807, 2.05) is 52.0 Å². The van der Waals surface area contributed by atoms with Gasteiger partial charge in [0.25, 0.3) is 0 Å². The predicted molar refractivity (Wildman–Crippen MR) is 174 cm³/mol. The number of anilines is 3. The van der Waals surface area contributed by atoms with Gasteiger partial charge in [0.05, 0.1) is 36.7 Å². The Balaban J connectivity index is 1.48. The van der Waals surface area contributed by atoms with Gasteiger partial charge in [-0.15, -0.1) is 0 Å². The van der Waals surface area contributed by atoms with Gasteiger partial charge in [-0.3, -0.25) is 14.4 Å². The van der Waals surface area contributed by atoms with Gasteiger partial charge < -0.3 is 35.0 Å². The van der Waals surface area contributed by atoms with Crippen LogP contribution in [0.15, 0.2) is 48.5 Å². The molecule has 3 aliphatic heterocycles. The van der Waals surface area contributed by atoms with E-state index < -0.39 is 35.1 Å². The molecule has 0 saturated carbocycles. The number of carbonyl (C=O) groups excluding carboxylic acids is 3. The Kier molecular flexibility index (Phi) is 9.46. The lowest BCUT2D eigenvalue weighted by Gasteiger charge is -2.39. The first kappa shape index (κ1) is 32.8. The van der Waals surface area contributed by atoms with E-state index in [0.717, 1.165) is 18.8 Å². The Morgan fingerprint density at radius 3 is 2.16 bits per heavy atom. The van der Waals surface area contributed by atoms with Crippen LogP contribution < -0.4 is 20.3 Å². The van der Waals surface area contributed by atoms with E-state index in [9.17, 15) is 19.5 Å². The summed E-state index contributed by atoms with van der Waals surface area (Å²) in [5.74, 6) is -2.07. The zero-order valence-electron chi connectivity index (χ0n) is 27.3. The topological polar surface area (TPSA) is 120 Å². The molecule has 2 aromatic rings. The van der Waals surface area contributed by atoms with Crippen molar-refractivity contribution in [2.75, 3.05) is 41.8 Å². The van der Waals surface area contributed by atoms with Gasteiger partial charge >= 0.3 is 0 Å². The highest BCUT2D eigenvalue weighted by Gasteiger charge is 2.78. The molecule has 1 spiro atoms. The van der Waals surface area contributed by atoms with E-state index in [-0.39, 0.29) is 30.2 Å². The highest BCUT2D eigenvalue weighted by molar-refractivity contribution is 6.05. The van der Waals surface area contributed by atoms with E-state index >= 15 is 0 Å². The number of hydrogen-bond acceptors (Lipinski definition) is 7. The van der Waals surface area contributed by atoms with E-state index in [1.165, 1.54) is 0 Å². The summed E-state index contributed by atoms with van der Waals surface area (Å²) in [7, 11) is 0. The zero-order valence-corrected chi connectivity index (χ0v) is 27.3. The Morgan fingerprint density at radius 1 is 1.00 bits per heavy atom. The molecular weight excluding hydrogens is 572 g/mol. The van der Waals surface area contributed by atoms with Crippen LogP contribution in [0.25, 0.3) is 0 Å². The summed E-state index contributed by atoms with van der Waals surface area (Å²) in [5.41, 5.74) is 0.131. The summed E-state index contributed by atoms with van der Waals surface area (Å²) in [4.78, 5) is 46.6. The SMILES string of the molecule is CCOc1ccc(NC(=O)[C@@H]2[C@H]3C(=O)N([C@@H](CO)[C@@H](C)CC)C(C(=O)Nc4ccc(N(CC)CC)cc4)C34CC[C@@]2(C)O4)cc1. The molecule has 2 unspecified atom stereocenters. The lowest BCUT2D eigenvalue weighted by atomic mass is 9.66. The molecule has 5 rings (SSSR count). The summed E-state index contributed by atoms with van der Waals surface area (Å²) < 4.78 is 12.3. The third-order valence-electron chi connectivity index (χ3n) is 10.3. The van der Waals surface area contributed by atoms with Crippen molar-refractivity contribution in [2.45, 2.75) is 84.1 Å². The van der Waals surface area contributed by atoms with Crippen molar-refractivity contribution >= 4 is 34.8 Å². The number of benzene rings is 2. The first-order valence-corrected chi connectivity index (χ1v) is 16.4. The number of aliphatic hydroxyl groups is 1. The van der Waals surface area contributed by atoms with Gasteiger partial charge in [-0.2, -0.15) is 0 Å². The van der Waals surface area contributed by atoms with Gasteiger partial charge in [-0.05, 0) is 95.0 Å². The third-order valence-corrected chi connectivity index (χ3v) is 10.3. The van der Waals surface area contributed by atoms with Crippen molar-refractivity contribution in [3.8, 4) is 5.75 Å². The molecule has 2 bridgehead atoms. The molecule has 3 heterocycles. The first-order chi connectivity index (χ1) is 21.6. The fourth-order valence-electron chi connectivity index (χ4n) is 7.81. The Bertz CT molecular complexity index is 1380. The van der Waals surface area contributed by atoms with E-state index in [2.05, 4.69) is 29.4 Å². The molecule has 3 amide bonds. The fourth-order valence-corrected chi connectivity index (χ4v) is 7.81. The number of aliphatic hydroxyl groups excluding tert-OH is 1. The van der Waals surface area contributed by atoms with Crippen LogP contribution in [-0.2, 0) is 19.1 Å². The monoisotopic (exact) mass is 620 g/mol. The first-order valence-electron chi connectivity index (χ1n) is 16.4. The van der Waals surface area contributed by atoms with Crippen LogP contribution in [-0.4, -0.2) is 77.3 Å². The van der Waals surface area contributed by atoms with Gasteiger partial charge in [0.2, 0.25) is 17.7 Å². The standard InChI is InChI=1S/C35H48N4O6/c1-7-22(5)27(21-40)39-30(32(42)37-23-11-15-25(16-12-23)38(8-2)9-3)35-20-19-34(6,45-35)28(29(35)33(39)43)31(41)36-24-13-17-26(18-14-24)44-10-4/h11-18,22,27-30,40H,7-10,19-21H2,1-6H3,(H,36,41)(H,37,42)/t22-,27-,28-,29-,30?,34+,35?/m0/s1. The molecule has 3 fully saturated rings. The average Bonchev–Trinajstić information content (AvgIpc) is 3.60. The van der Waals surface area contributed by atoms with Crippen LogP contribution in [0.1, 0.15) is 60.8 Å². The summed E-state index contributed by atoms with van der Waals surface area (Å²) in [6.45, 7) is 13.9. The van der Waals surface area contributed by atoms with Gasteiger partial charge in [0, 0.05) is 30.2 Å². The maximum absolute atomic E-state index is 14.5. The molecule has 10 heteroatoms. The maximum atomic E-state index is 14.5. The highest BCUT2D eigenvalue weighted by atomic mass is 16.5. The molecule has 10 nitrogen and oxygen atoms in total. The van der Waals surface area contributed by atoms with Crippen LogP contribution in [0.2, 0.25) is 0 Å². The largest absolute Gasteiger partial charge is 0.494 e. The molecule has 7 atom stereocenters. The van der Waals surface area contributed by atoms with Gasteiger partial charge in [-0.25, -0.2) is 0 Å². The van der Waals surface area contributed by atoms with E-state index in [4.69, 9.17) is 9.47 Å². The van der Waals surface area contributed by atoms with Gasteiger partial charge in [-0.1, -0.05) is 20.3 Å². The summed E-state index contributed by atoms with van der Waals surface area (Å²) in [6.07, 6.45) is 1.69. The third kappa shape index (κ3) is 5.67. The number of carbonyl (C=O) groups is 3. The van der Waals surface area contributed by atoms with Crippen molar-refractivity contribution in [2.24, 2.45) is 17.8 Å². The minimum Gasteiger partial charge on any atom is -0.494 e. The molecule has 3 saturated heterocycles. The maximum Gasteiger partial charge on any atom is 0.250 e. The molecule has 3 N–H and O–H groups in total. The fraction of sp³-hybridized carbons (Fsp3) is 0.571. The lowest BCUT2D eigenvalue weighted by molar-refractivity contribution is -0.148. The Hall–Kier alpha value is -3.63. The second-order valence-electron chi connectivity index (χ2n) is 12.8. The van der Waals surface area contributed by atoms with Gasteiger partial charge in [0.1, 0.15) is 17.4 Å². The Morgan fingerprint density at radius 2 is 1.60 bits per heavy atom. The number of fused-ring (bicyclic) bond motifs is 1. The normalized spacial score (nSPS) is 28.0. The van der Waals surface area contributed by atoms with Crippen molar-refractivity contribution in [1.29, 1.82) is 0 Å². The van der Waals surface area contributed by atoms with Crippen molar-refractivity contribution < 1.29 is 29.0 Å². The smallest absolute Gasteiger partial charge is 0.250 e. The van der Waals surface area contributed by atoms with Crippen molar-refractivity contribution in [3.05, 3.63) is 48.5 Å². The predicted octanol–water partition coefficient (Wildman–Crippen LogP) is 4.68. The van der Waals surface area contributed by atoms with Crippen LogP contribution in [0.3, 0.4) is 0 Å². The number of likely N-dealkylation sites (tertiary alicyclic amines) is 1. The lowest BCUT2D eigenvalue weighted by Crippen LogP contribution is -2.57. The van der Waals surface area contributed by atoms with Crippen molar-refractivity contribution in [3.63, 3.8) is 0 Å². The molecule has 45 heavy (non-hydrogen) atoms. The van der Waals surface area contributed by atoms with Crippen LogP contribution in [0, 0.1) is 17.8 Å². The molecule has 2 aromatic carbocycles. The molecule has 0 radical (unpaired) electrons.